The zero-order valence-electron chi connectivity index (χ0n) is 12.5. The van der Waals surface area contributed by atoms with Crippen LogP contribution in [-0.2, 0) is 9.59 Å². The second kappa shape index (κ2) is 4.56. The van der Waals surface area contributed by atoms with Crippen LogP contribution in [0.5, 0.6) is 0 Å². The fourth-order valence-electron chi connectivity index (χ4n) is 3.77. The Labute approximate surface area is 128 Å². The second-order valence-corrected chi connectivity index (χ2v) is 6.30. The number of amides is 2. The summed E-state index contributed by atoms with van der Waals surface area (Å²) in [5.74, 6) is 0.834. The number of nitrogens with zero attached hydrogens (tertiary/aromatic N) is 3. The van der Waals surface area contributed by atoms with Crippen LogP contribution in [0.15, 0.2) is 33.8 Å². The van der Waals surface area contributed by atoms with E-state index in [-0.39, 0.29) is 35.5 Å². The van der Waals surface area contributed by atoms with Gasteiger partial charge in [-0.25, -0.2) is 0 Å². The van der Waals surface area contributed by atoms with E-state index in [9.17, 15) is 9.59 Å². The lowest BCUT2D eigenvalue weighted by Crippen LogP contribution is -2.28. The molecule has 6 heteroatoms. The van der Waals surface area contributed by atoms with Crippen LogP contribution < -0.4 is 4.90 Å². The number of hydrogen-bond acceptors (Lipinski definition) is 5. The SMILES string of the molecule is CN(C)c1ccc(C=NN2C(=O)[C@@H]3[C@H](C2=O)[C@H]2C=C[C@H]3C2)o1. The molecule has 4 atom stereocenters. The third kappa shape index (κ3) is 1.76. The number of anilines is 1. The molecule has 2 heterocycles. The van der Waals surface area contributed by atoms with Crippen molar-refractivity contribution in [3.05, 3.63) is 30.0 Å². The van der Waals surface area contributed by atoms with Crippen molar-refractivity contribution in [2.24, 2.45) is 28.8 Å². The molecule has 2 aliphatic carbocycles. The highest BCUT2D eigenvalue weighted by molar-refractivity contribution is 6.06. The summed E-state index contributed by atoms with van der Waals surface area (Å²) in [6, 6.07) is 3.57. The van der Waals surface area contributed by atoms with Gasteiger partial charge in [0.05, 0.1) is 18.1 Å². The Morgan fingerprint density at radius 3 is 2.36 bits per heavy atom. The lowest BCUT2D eigenvalue weighted by Gasteiger charge is -2.13. The van der Waals surface area contributed by atoms with Crippen LogP contribution in [0.4, 0.5) is 5.88 Å². The lowest BCUT2D eigenvalue weighted by atomic mass is 9.85. The average Bonchev–Trinajstić information content (AvgIpc) is 3.23. The molecule has 4 rings (SSSR count). The molecule has 2 bridgehead atoms. The summed E-state index contributed by atoms with van der Waals surface area (Å²) in [5.41, 5.74) is 0. The van der Waals surface area contributed by atoms with Crippen LogP contribution in [0, 0.1) is 23.7 Å². The van der Waals surface area contributed by atoms with Gasteiger partial charge in [0, 0.05) is 20.2 Å². The fraction of sp³-hybridized carbons (Fsp3) is 0.438. The molecular weight excluding hydrogens is 282 g/mol. The van der Waals surface area contributed by atoms with E-state index in [0.29, 0.717) is 11.6 Å². The molecule has 1 aromatic rings. The molecule has 0 aromatic carbocycles. The number of hydrazone groups is 1. The van der Waals surface area contributed by atoms with E-state index in [1.165, 1.54) is 6.21 Å². The highest BCUT2D eigenvalue weighted by Gasteiger charge is 2.59. The molecule has 2 amide bonds. The lowest BCUT2D eigenvalue weighted by molar-refractivity contribution is -0.140. The van der Waals surface area contributed by atoms with Gasteiger partial charge in [-0.05, 0) is 24.3 Å². The number of allylic oxidation sites excluding steroid dienone is 2. The standard InChI is InChI=1S/C16H17N3O3/c1-18(2)12-6-5-11(22-12)8-17-19-15(20)13-9-3-4-10(7-9)14(13)16(19)21/h3-6,8-10,13-14H,7H2,1-2H3/t9-,10-,13-,14+/m0/s1. The van der Waals surface area contributed by atoms with Crippen LogP contribution in [0.1, 0.15) is 12.2 Å². The Hall–Kier alpha value is -2.37. The summed E-state index contributed by atoms with van der Waals surface area (Å²) < 4.78 is 5.54. The predicted molar refractivity (Wildman–Crippen MR) is 80.2 cm³/mol. The van der Waals surface area contributed by atoms with E-state index in [2.05, 4.69) is 17.3 Å². The fourth-order valence-corrected chi connectivity index (χ4v) is 3.77. The first kappa shape index (κ1) is 13.3. The number of rotatable bonds is 3. The molecule has 6 nitrogen and oxygen atoms in total. The van der Waals surface area contributed by atoms with Gasteiger partial charge in [-0.3, -0.25) is 9.59 Å². The maximum atomic E-state index is 12.4. The van der Waals surface area contributed by atoms with Crippen molar-refractivity contribution in [3.63, 3.8) is 0 Å². The van der Waals surface area contributed by atoms with Crippen molar-refractivity contribution in [3.8, 4) is 0 Å². The number of imide groups is 1. The molecule has 0 unspecified atom stereocenters. The summed E-state index contributed by atoms with van der Waals surface area (Å²) >= 11 is 0. The van der Waals surface area contributed by atoms with Gasteiger partial charge in [0.15, 0.2) is 5.88 Å². The summed E-state index contributed by atoms with van der Waals surface area (Å²) in [6.07, 6.45) is 6.49. The quantitative estimate of drug-likeness (QED) is 0.482. The summed E-state index contributed by atoms with van der Waals surface area (Å²) in [7, 11) is 3.74. The Morgan fingerprint density at radius 1 is 1.18 bits per heavy atom. The smallest absolute Gasteiger partial charge is 0.254 e. The van der Waals surface area contributed by atoms with Gasteiger partial charge in [0.25, 0.3) is 11.8 Å². The molecule has 1 aliphatic heterocycles. The van der Waals surface area contributed by atoms with Gasteiger partial charge >= 0.3 is 0 Å². The van der Waals surface area contributed by atoms with Gasteiger partial charge in [-0.1, -0.05) is 12.2 Å². The zero-order valence-corrected chi connectivity index (χ0v) is 12.5. The Bertz CT molecular complexity index is 673. The zero-order chi connectivity index (χ0) is 15.4. The third-order valence-electron chi connectivity index (χ3n) is 4.80. The molecule has 0 radical (unpaired) electrons. The first-order valence-corrected chi connectivity index (χ1v) is 7.43. The highest BCUT2D eigenvalue weighted by Crippen LogP contribution is 2.52. The van der Waals surface area contributed by atoms with Crippen molar-refractivity contribution < 1.29 is 14.0 Å². The second-order valence-electron chi connectivity index (χ2n) is 6.30. The molecule has 1 saturated carbocycles. The summed E-state index contributed by atoms with van der Waals surface area (Å²) in [5, 5.41) is 5.10. The van der Waals surface area contributed by atoms with Gasteiger partial charge < -0.3 is 9.32 Å². The Balaban J connectivity index is 1.55. The normalized spacial score (nSPS) is 32.5. The molecule has 2 fully saturated rings. The molecule has 0 N–H and O–H groups in total. The van der Waals surface area contributed by atoms with E-state index in [4.69, 9.17) is 4.42 Å². The maximum absolute atomic E-state index is 12.4. The van der Waals surface area contributed by atoms with Gasteiger partial charge in [0.1, 0.15) is 5.76 Å². The third-order valence-corrected chi connectivity index (χ3v) is 4.80. The van der Waals surface area contributed by atoms with Gasteiger partial charge in [-0.15, -0.1) is 0 Å². The first-order chi connectivity index (χ1) is 10.6. The molecule has 22 heavy (non-hydrogen) atoms. The van der Waals surface area contributed by atoms with E-state index in [1.807, 2.05) is 25.1 Å². The van der Waals surface area contributed by atoms with Gasteiger partial charge in [-0.2, -0.15) is 10.1 Å². The molecule has 0 spiro atoms. The van der Waals surface area contributed by atoms with Crippen molar-refractivity contribution in [2.45, 2.75) is 6.42 Å². The van der Waals surface area contributed by atoms with E-state index in [0.717, 1.165) is 11.4 Å². The minimum absolute atomic E-state index is 0.178. The average molecular weight is 299 g/mol. The van der Waals surface area contributed by atoms with Crippen molar-refractivity contribution in [2.75, 3.05) is 19.0 Å². The number of carbonyl (C=O) groups is 2. The number of furan rings is 1. The Kier molecular flexibility index (Phi) is 2.76. The van der Waals surface area contributed by atoms with Crippen LogP contribution in [0.2, 0.25) is 0 Å². The predicted octanol–water partition coefficient (Wildman–Crippen LogP) is 1.49. The molecule has 1 aromatic heterocycles. The number of fused-ring (bicyclic) bond motifs is 5. The van der Waals surface area contributed by atoms with Crippen LogP contribution in [-0.4, -0.2) is 37.1 Å². The van der Waals surface area contributed by atoms with Crippen molar-refractivity contribution >= 4 is 23.9 Å². The minimum atomic E-state index is -0.214. The van der Waals surface area contributed by atoms with Crippen LogP contribution in [0.3, 0.4) is 0 Å². The largest absolute Gasteiger partial charge is 0.440 e. The molecule has 114 valence electrons. The molecular formula is C16H17N3O3. The van der Waals surface area contributed by atoms with Crippen molar-refractivity contribution in [1.29, 1.82) is 0 Å². The summed E-state index contributed by atoms with van der Waals surface area (Å²) in [6.45, 7) is 0. The van der Waals surface area contributed by atoms with Crippen LogP contribution >= 0.6 is 0 Å². The van der Waals surface area contributed by atoms with E-state index < -0.39 is 0 Å². The van der Waals surface area contributed by atoms with Crippen LogP contribution in [0.25, 0.3) is 0 Å². The number of carbonyl (C=O) groups excluding carboxylic acids is 2. The topological polar surface area (TPSA) is 66.1 Å². The summed E-state index contributed by atoms with van der Waals surface area (Å²) in [4.78, 5) is 26.7. The first-order valence-electron chi connectivity index (χ1n) is 7.43. The molecule has 1 saturated heterocycles. The van der Waals surface area contributed by atoms with Crippen molar-refractivity contribution in [1.82, 2.24) is 5.01 Å². The Morgan fingerprint density at radius 2 is 1.82 bits per heavy atom. The van der Waals surface area contributed by atoms with Gasteiger partial charge in [0.2, 0.25) is 0 Å². The van der Waals surface area contributed by atoms with E-state index in [1.54, 1.807) is 6.07 Å². The molecule has 3 aliphatic rings. The minimum Gasteiger partial charge on any atom is -0.440 e. The highest BCUT2D eigenvalue weighted by atomic mass is 16.4. The monoisotopic (exact) mass is 299 g/mol. The maximum Gasteiger partial charge on any atom is 0.254 e. The number of hydrogen-bond donors (Lipinski definition) is 0. The van der Waals surface area contributed by atoms with E-state index >= 15 is 0 Å².